The van der Waals surface area contributed by atoms with Gasteiger partial charge in [-0.25, -0.2) is 4.99 Å². The van der Waals surface area contributed by atoms with E-state index < -0.39 is 0 Å². The van der Waals surface area contributed by atoms with E-state index in [1.807, 2.05) is 19.9 Å². The second-order valence-electron chi connectivity index (χ2n) is 7.06. The zero-order valence-electron chi connectivity index (χ0n) is 16.7. The number of carbonyl (C=O) groups excluding carboxylic acids is 1. The maximum atomic E-state index is 12.0. The monoisotopic (exact) mass is 378 g/mol. The molecule has 0 aliphatic heterocycles. The van der Waals surface area contributed by atoms with Gasteiger partial charge in [0.05, 0.1) is 12.8 Å². The van der Waals surface area contributed by atoms with Gasteiger partial charge in [-0.3, -0.25) is 4.79 Å². The normalized spacial score (nSPS) is 16.3. The lowest BCUT2D eigenvalue weighted by molar-refractivity contribution is -0.119. The van der Waals surface area contributed by atoms with Crippen molar-refractivity contribution in [3.8, 4) is 0 Å². The lowest BCUT2D eigenvalue weighted by atomic mass is 9.83. The topological polar surface area (TPSA) is 87.9 Å². The van der Waals surface area contributed by atoms with Crippen LogP contribution in [0.1, 0.15) is 51.7 Å². The third-order valence-corrected chi connectivity index (χ3v) is 5.04. The predicted molar refractivity (Wildman–Crippen MR) is 107 cm³/mol. The average Bonchev–Trinajstić information content (AvgIpc) is 3.35. The number of hydrogen-bond donors (Lipinski definition) is 3. The molecule has 1 aromatic rings. The molecule has 1 aliphatic rings. The molecule has 27 heavy (non-hydrogen) atoms. The first-order valence-electron chi connectivity index (χ1n) is 10.1. The van der Waals surface area contributed by atoms with Gasteiger partial charge in [0.1, 0.15) is 12.3 Å². The molecule has 0 radical (unpaired) electrons. The molecule has 3 N–H and O–H groups in total. The second kappa shape index (κ2) is 11.6. The van der Waals surface area contributed by atoms with Crippen molar-refractivity contribution in [3.05, 3.63) is 24.2 Å². The predicted octanol–water partition coefficient (Wildman–Crippen LogP) is 2.44. The molecule has 0 atom stereocenters. The summed E-state index contributed by atoms with van der Waals surface area (Å²) in [6.07, 6.45) is 7.65. The SMILES string of the molecule is CCNC(=NCC(=O)NCc1ccco1)NCC1(CCOCC)CCCC1. The van der Waals surface area contributed by atoms with Crippen molar-refractivity contribution in [2.45, 2.75) is 52.5 Å². The van der Waals surface area contributed by atoms with Crippen LogP contribution in [0, 0.1) is 5.41 Å². The summed E-state index contributed by atoms with van der Waals surface area (Å²) in [5, 5.41) is 9.48. The molecule has 7 heteroatoms. The van der Waals surface area contributed by atoms with E-state index in [1.54, 1.807) is 12.3 Å². The van der Waals surface area contributed by atoms with Gasteiger partial charge in [-0.05, 0) is 50.7 Å². The number of hydrogen-bond acceptors (Lipinski definition) is 4. The van der Waals surface area contributed by atoms with Crippen LogP contribution < -0.4 is 16.0 Å². The largest absolute Gasteiger partial charge is 0.467 e. The Kier molecular flexibility index (Phi) is 9.18. The molecular weight excluding hydrogens is 344 g/mol. The quantitative estimate of drug-likeness (QED) is 0.313. The van der Waals surface area contributed by atoms with E-state index in [0.29, 0.717) is 12.5 Å². The van der Waals surface area contributed by atoms with Crippen LogP contribution in [0.3, 0.4) is 0 Å². The maximum absolute atomic E-state index is 12.0. The molecular formula is C20H34N4O3. The van der Waals surface area contributed by atoms with Gasteiger partial charge in [0.15, 0.2) is 5.96 Å². The van der Waals surface area contributed by atoms with Crippen LogP contribution in [-0.2, 0) is 16.1 Å². The summed E-state index contributed by atoms with van der Waals surface area (Å²) in [7, 11) is 0. The van der Waals surface area contributed by atoms with E-state index in [9.17, 15) is 4.79 Å². The van der Waals surface area contributed by atoms with Gasteiger partial charge < -0.3 is 25.1 Å². The van der Waals surface area contributed by atoms with Crippen LogP contribution in [-0.4, -0.2) is 44.7 Å². The fourth-order valence-corrected chi connectivity index (χ4v) is 3.49. The Bertz CT molecular complexity index is 566. The molecule has 0 saturated heterocycles. The van der Waals surface area contributed by atoms with Crippen LogP contribution in [0.2, 0.25) is 0 Å². The van der Waals surface area contributed by atoms with Gasteiger partial charge in [-0.1, -0.05) is 12.8 Å². The Morgan fingerprint density at radius 3 is 2.74 bits per heavy atom. The summed E-state index contributed by atoms with van der Waals surface area (Å²) >= 11 is 0. The van der Waals surface area contributed by atoms with Crippen molar-refractivity contribution in [2.75, 3.05) is 32.8 Å². The number of nitrogens with zero attached hydrogens (tertiary/aromatic N) is 1. The number of carbonyl (C=O) groups is 1. The summed E-state index contributed by atoms with van der Waals surface area (Å²) in [4.78, 5) is 16.4. The van der Waals surface area contributed by atoms with Gasteiger partial charge in [0.2, 0.25) is 5.91 Å². The molecule has 7 nitrogen and oxygen atoms in total. The zero-order chi connectivity index (χ0) is 19.4. The lowest BCUT2D eigenvalue weighted by Crippen LogP contribution is -2.44. The minimum absolute atomic E-state index is 0.0853. The highest BCUT2D eigenvalue weighted by molar-refractivity contribution is 5.84. The van der Waals surface area contributed by atoms with Crippen molar-refractivity contribution in [1.82, 2.24) is 16.0 Å². The first kappa shape index (κ1) is 21.3. The molecule has 1 saturated carbocycles. The van der Waals surface area contributed by atoms with E-state index in [1.165, 1.54) is 25.7 Å². The highest BCUT2D eigenvalue weighted by atomic mass is 16.5. The van der Waals surface area contributed by atoms with E-state index in [2.05, 4.69) is 20.9 Å². The van der Waals surface area contributed by atoms with Crippen molar-refractivity contribution in [1.29, 1.82) is 0 Å². The van der Waals surface area contributed by atoms with Crippen LogP contribution >= 0.6 is 0 Å². The minimum Gasteiger partial charge on any atom is -0.467 e. The summed E-state index contributed by atoms with van der Waals surface area (Å²) in [6.45, 7) is 7.71. The molecule has 0 spiro atoms. The number of guanidine groups is 1. The van der Waals surface area contributed by atoms with E-state index in [-0.39, 0.29) is 17.9 Å². The van der Waals surface area contributed by atoms with Gasteiger partial charge in [0, 0.05) is 26.3 Å². The van der Waals surface area contributed by atoms with Crippen molar-refractivity contribution in [3.63, 3.8) is 0 Å². The Morgan fingerprint density at radius 2 is 2.07 bits per heavy atom. The van der Waals surface area contributed by atoms with Gasteiger partial charge in [-0.15, -0.1) is 0 Å². The molecule has 1 amide bonds. The summed E-state index contributed by atoms with van der Waals surface area (Å²) < 4.78 is 10.8. The first-order valence-corrected chi connectivity index (χ1v) is 10.1. The number of amides is 1. The minimum atomic E-state index is -0.129. The van der Waals surface area contributed by atoms with Crippen molar-refractivity contribution >= 4 is 11.9 Å². The number of furan rings is 1. The highest BCUT2D eigenvalue weighted by Crippen LogP contribution is 2.40. The highest BCUT2D eigenvalue weighted by Gasteiger charge is 2.33. The molecule has 0 bridgehead atoms. The van der Waals surface area contributed by atoms with Crippen LogP contribution in [0.5, 0.6) is 0 Å². The molecule has 2 rings (SSSR count). The van der Waals surface area contributed by atoms with Crippen LogP contribution in [0.15, 0.2) is 27.8 Å². The second-order valence-corrected chi connectivity index (χ2v) is 7.06. The van der Waals surface area contributed by atoms with Crippen LogP contribution in [0.25, 0.3) is 0 Å². The maximum Gasteiger partial charge on any atom is 0.242 e. The van der Waals surface area contributed by atoms with E-state index >= 15 is 0 Å². The standard InChI is InChI=1S/C20H34N4O3/c1-3-21-19(23-15-18(25)22-14-17-8-7-12-27-17)24-16-20(9-5-6-10-20)11-13-26-4-2/h7-8,12H,3-6,9-11,13-16H2,1-2H3,(H,22,25)(H2,21,23,24). The Morgan fingerprint density at radius 1 is 1.26 bits per heavy atom. The van der Waals surface area contributed by atoms with Crippen LogP contribution in [0.4, 0.5) is 0 Å². The molecule has 152 valence electrons. The molecule has 0 unspecified atom stereocenters. The summed E-state index contributed by atoms with van der Waals surface area (Å²) in [6, 6.07) is 3.63. The average molecular weight is 379 g/mol. The van der Waals surface area contributed by atoms with Gasteiger partial charge in [-0.2, -0.15) is 0 Å². The Labute approximate surface area is 162 Å². The van der Waals surface area contributed by atoms with E-state index in [4.69, 9.17) is 9.15 Å². The third-order valence-electron chi connectivity index (χ3n) is 5.04. The smallest absolute Gasteiger partial charge is 0.242 e. The fraction of sp³-hybridized carbons (Fsp3) is 0.700. The summed E-state index contributed by atoms with van der Waals surface area (Å²) in [5.41, 5.74) is 0.271. The number of ether oxygens (including phenoxy) is 1. The molecule has 1 fully saturated rings. The third kappa shape index (κ3) is 7.62. The zero-order valence-corrected chi connectivity index (χ0v) is 16.7. The number of rotatable bonds is 11. The first-order chi connectivity index (χ1) is 13.2. The van der Waals surface area contributed by atoms with Crippen molar-refractivity contribution < 1.29 is 13.9 Å². The number of nitrogens with one attached hydrogen (secondary N) is 3. The molecule has 0 aromatic carbocycles. The summed E-state index contributed by atoms with van der Waals surface area (Å²) in [5.74, 6) is 1.29. The number of aliphatic imine (C=N–C) groups is 1. The van der Waals surface area contributed by atoms with Gasteiger partial charge >= 0.3 is 0 Å². The molecule has 1 aliphatic carbocycles. The molecule has 1 heterocycles. The lowest BCUT2D eigenvalue weighted by Gasteiger charge is -2.30. The molecule has 1 aromatic heterocycles. The Hall–Kier alpha value is -2.02. The van der Waals surface area contributed by atoms with E-state index in [0.717, 1.165) is 38.5 Å². The van der Waals surface area contributed by atoms with Gasteiger partial charge in [0.25, 0.3) is 0 Å². The fourth-order valence-electron chi connectivity index (χ4n) is 3.49. The van der Waals surface area contributed by atoms with Crippen molar-refractivity contribution in [2.24, 2.45) is 10.4 Å². The Balaban J connectivity index is 1.81.